The monoisotopic (exact) mass is 258 g/mol. The molecule has 1 aliphatic carbocycles. The summed E-state index contributed by atoms with van der Waals surface area (Å²) in [4.78, 5) is 11.0. The van der Waals surface area contributed by atoms with E-state index in [0.29, 0.717) is 6.42 Å². The minimum absolute atomic E-state index is 0.215. The lowest BCUT2D eigenvalue weighted by Crippen LogP contribution is -2.36. The van der Waals surface area contributed by atoms with E-state index < -0.39 is 16.2 Å². The SMILES string of the molecule is O=C(O)C1C=CC=CC1(Br)CC1CO1. The highest BCUT2D eigenvalue weighted by Gasteiger charge is 2.43. The fourth-order valence-corrected chi connectivity index (χ4v) is 2.53. The lowest BCUT2D eigenvalue weighted by Gasteiger charge is -2.29. The van der Waals surface area contributed by atoms with Crippen LogP contribution in [0.15, 0.2) is 24.3 Å². The summed E-state index contributed by atoms with van der Waals surface area (Å²) in [5, 5.41) is 9.05. The highest BCUT2D eigenvalue weighted by molar-refractivity contribution is 9.10. The van der Waals surface area contributed by atoms with Crippen LogP contribution in [0.4, 0.5) is 0 Å². The summed E-state index contributed by atoms with van der Waals surface area (Å²) in [5.74, 6) is -1.31. The highest BCUT2D eigenvalue weighted by Crippen LogP contribution is 2.40. The van der Waals surface area contributed by atoms with Crippen LogP contribution in [0.1, 0.15) is 6.42 Å². The topological polar surface area (TPSA) is 49.8 Å². The van der Waals surface area contributed by atoms with Crippen molar-refractivity contribution in [2.75, 3.05) is 6.61 Å². The average Bonchev–Trinajstić information content (AvgIpc) is 2.87. The van der Waals surface area contributed by atoms with Gasteiger partial charge in [0.15, 0.2) is 0 Å². The molecule has 1 N–H and O–H groups in total. The van der Waals surface area contributed by atoms with Crippen molar-refractivity contribution in [2.45, 2.75) is 16.8 Å². The fraction of sp³-hybridized carbons (Fsp3) is 0.500. The maximum atomic E-state index is 11.0. The van der Waals surface area contributed by atoms with Crippen LogP contribution in [0, 0.1) is 5.92 Å². The molecule has 0 aromatic rings. The van der Waals surface area contributed by atoms with Crippen molar-refractivity contribution in [3.8, 4) is 0 Å². The van der Waals surface area contributed by atoms with Gasteiger partial charge in [-0.25, -0.2) is 0 Å². The molecule has 1 saturated heterocycles. The van der Waals surface area contributed by atoms with Crippen LogP contribution in [0.3, 0.4) is 0 Å². The van der Waals surface area contributed by atoms with Gasteiger partial charge in [0.05, 0.1) is 23.0 Å². The third kappa shape index (κ3) is 1.91. The normalized spacial score (nSPS) is 39.8. The molecule has 3 unspecified atom stereocenters. The molecule has 0 bridgehead atoms. The summed E-state index contributed by atoms with van der Waals surface area (Å²) in [6.45, 7) is 0.747. The first-order valence-corrected chi connectivity index (χ1v) is 5.30. The van der Waals surface area contributed by atoms with Gasteiger partial charge in [0.25, 0.3) is 0 Å². The largest absolute Gasteiger partial charge is 0.481 e. The van der Waals surface area contributed by atoms with Crippen molar-refractivity contribution in [1.29, 1.82) is 0 Å². The Hall–Kier alpha value is -0.610. The van der Waals surface area contributed by atoms with E-state index >= 15 is 0 Å². The standard InChI is InChI=1S/C10H11BrO3/c11-10(5-7-6-14-7)4-2-1-3-8(10)9(12)13/h1-4,7-8H,5-6H2,(H,12,13). The second kappa shape index (κ2) is 3.51. The predicted octanol–water partition coefficient (Wildman–Crippen LogP) is 1.74. The van der Waals surface area contributed by atoms with Gasteiger partial charge < -0.3 is 9.84 Å². The summed E-state index contributed by atoms with van der Waals surface area (Å²) in [6, 6.07) is 0. The van der Waals surface area contributed by atoms with Crippen molar-refractivity contribution in [3.63, 3.8) is 0 Å². The van der Waals surface area contributed by atoms with Gasteiger partial charge in [-0.2, -0.15) is 0 Å². The van der Waals surface area contributed by atoms with E-state index in [1.165, 1.54) is 0 Å². The molecule has 0 amide bonds. The van der Waals surface area contributed by atoms with Gasteiger partial charge in [-0.15, -0.1) is 0 Å². The zero-order valence-corrected chi connectivity index (χ0v) is 9.11. The number of hydrogen-bond acceptors (Lipinski definition) is 2. The molecule has 1 fully saturated rings. The Morgan fingerprint density at radius 2 is 2.36 bits per heavy atom. The third-order valence-electron chi connectivity index (χ3n) is 2.51. The number of alkyl halides is 1. The second-order valence-corrected chi connectivity index (χ2v) is 5.12. The number of halogens is 1. The molecular weight excluding hydrogens is 248 g/mol. The number of aliphatic carboxylic acids is 1. The summed E-state index contributed by atoms with van der Waals surface area (Å²) < 4.78 is 4.65. The van der Waals surface area contributed by atoms with Crippen LogP contribution in [0.25, 0.3) is 0 Å². The molecule has 1 aliphatic heterocycles. The zero-order valence-electron chi connectivity index (χ0n) is 7.52. The van der Waals surface area contributed by atoms with Crippen LogP contribution in [0.5, 0.6) is 0 Å². The molecule has 0 aromatic heterocycles. The summed E-state index contributed by atoms with van der Waals surface area (Å²) in [6.07, 6.45) is 8.17. The van der Waals surface area contributed by atoms with Crippen molar-refractivity contribution in [2.24, 2.45) is 5.92 Å². The number of ether oxygens (including phenoxy) is 1. The van der Waals surface area contributed by atoms with E-state index in [1.54, 1.807) is 12.2 Å². The van der Waals surface area contributed by atoms with E-state index in [2.05, 4.69) is 15.9 Å². The second-order valence-electron chi connectivity index (χ2n) is 3.65. The summed E-state index contributed by atoms with van der Waals surface area (Å²) in [7, 11) is 0. The van der Waals surface area contributed by atoms with E-state index in [4.69, 9.17) is 9.84 Å². The molecule has 0 radical (unpaired) electrons. The molecule has 3 atom stereocenters. The van der Waals surface area contributed by atoms with Gasteiger partial charge in [-0.1, -0.05) is 40.2 Å². The van der Waals surface area contributed by atoms with Crippen molar-refractivity contribution < 1.29 is 14.6 Å². The number of carbonyl (C=O) groups is 1. The van der Waals surface area contributed by atoms with Gasteiger partial charge >= 0.3 is 5.97 Å². The molecule has 2 rings (SSSR count). The quantitative estimate of drug-likeness (QED) is 0.620. The summed E-state index contributed by atoms with van der Waals surface area (Å²) in [5.41, 5.74) is 0. The lowest BCUT2D eigenvalue weighted by atomic mass is 9.85. The van der Waals surface area contributed by atoms with Crippen LogP contribution >= 0.6 is 15.9 Å². The summed E-state index contributed by atoms with van der Waals surface area (Å²) >= 11 is 3.50. The van der Waals surface area contributed by atoms with Crippen molar-refractivity contribution in [3.05, 3.63) is 24.3 Å². The zero-order chi connectivity index (χ0) is 10.2. The van der Waals surface area contributed by atoms with Gasteiger partial charge in [-0.05, 0) is 6.42 Å². The molecule has 0 saturated carbocycles. The molecule has 3 nitrogen and oxygen atoms in total. The lowest BCUT2D eigenvalue weighted by molar-refractivity contribution is -0.140. The first-order valence-electron chi connectivity index (χ1n) is 4.51. The number of epoxide rings is 1. The Bertz CT molecular complexity index is 306. The van der Waals surface area contributed by atoms with Crippen molar-refractivity contribution >= 4 is 21.9 Å². The number of allylic oxidation sites excluding steroid dienone is 3. The smallest absolute Gasteiger partial charge is 0.312 e. The van der Waals surface area contributed by atoms with E-state index in [0.717, 1.165) is 6.61 Å². The Kier molecular flexibility index (Phi) is 2.49. The Morgan fingerprint density at radius 3 is 2.93 bits per heavy atom. The number of hydrogen-bond donors (Lipinski definition) is 1. The third-order valence-corrected chi connectivity index (χ3v) is 3.60. The first kappa shape index (κ1) is 9.93. The predicted molar refractivity (Wildman–Crippen MR) is 55.4 cm³/mol. The number of rotatable bonds is 3. The molecule has 4 heteroatoms. The highest BCUT2D eigenvalue weighted by atomic mass is 79.9. The van der Waals surface area contributed by atoms with E-state index in [-0.39, 0.29) is 6.10 Å². The molecule has 0 aromatic carbocycles. The van der Waals surface area contributed by atoms with Gasteiger partial charge in [0.2, 0.25) is 0 Å². The Balaban J connectivity index is 2.16. The van der Waals surface area contributed by atoms with Crippen molar-refractivity contribution in [1.82, 2.24) is 0 Å². The molecule has 0 spiro atoms. The van der Waals surface area contributed by atoms with Crippen LogP contribution < -0.4 is 0 Å². The Labute approximate surface area is 90.6 Å². The minimum atomic E-state index is -0.803. The minimum Gasteiger partial charge on any atom is -0.481 e. The first-order chi connectivity index (χ1) is 6.62. The maximum absolute atomic E-state index is 11.0. The van der Waals surface area contributed by atoms with Crippen LogP contribution in [0.2, 0.25) is 0 Å². The van der Waals surface area contributed by atoms with Gasteiger partial charge in [0.1, 0.15) is 0 Å². The molecule has 2 aliphatic rings. The molecule has 14 heavy (non-hydrogen) atoms. The molecule has 76 valence electrons. The molecule has 1 heterocycles. The number of carboxylic acid groups (broad SMARTS) is 1. The Morgan fingerprint density at radius 1 is 1.64 bits per heavy atom. The van der Waals surface area contributed by atoms with Crippen LogP contribution in [-0.4, -0.2) is 28.1 Å². The number of carboxylic acids is 1. The van der Waals surface area contributed by atoms with E-state index in [1.807, 2.05) is 12.2 Å². The van der Waals surface area contributed by atoms with E-state index in [9.17, 15) is 4.79 Å². The van der Waals surface area contributed by atoms with Crippen LogP contribution in [-0.2, 0) is 9.53 Å². The molecular formula is C10H11BrO3. The van der Waals surface area contributed by atoms with Gasteiger partial charge in [-0.3, -0.25) is 4.79 Å². The fourth-order valence-electron chi connectivity index (χ4n) is 1.67. The maximum Gasteiger partial charge on any atom is 0.312 e. The average molecular weight is 259 g/mol. The van der Waals surface area contributed by atoms with Gasteiger partial charge in [0, 0.05) is 0 Å².